The van der Waals surface area contributed by atoms with Crippen LogP contribution in [0.15, 0.2) is 60.9 Å². The average molecular weight is 450 g/mol. The molecule has 1 aliphatic rings. The van der Waals surface area contributed by atoms with Gasteiger partial charge in [0.05, 0.1) is 24.3 Å². The first-order valence-electron chi connectivity index (χ1n) is 11.7. The molecule has 0 bridgehead atoms. The summed E-state index contributed by atoms with van der Waals surface area (Å²) in [7, 11) is 0. The van der Waals surface area contributed by atoms with Crippen molar-refractivity contribution in [3.63, 3.8) is 0 Å². The third kappa shape index (κ3) is 5.53. The number of likely N-dealkylation sites (tertiary alicyclic amines) is 1. The van der Waals surface area contributed by atoms with Gasteiger partial charge in [-0.2, -0.15) is 0 Å². The number of benzene rings is 1. The van der Waals surface area contributed by atoms with Crippen LogP contribution >= 0.6 is 0 Å². The fraction of sp³-hybridized carbons (Fsp3) is 0.423. The molecule has 7 nitrogen and oxygen atoms in total. The highest BCUT2D eigenvalue weighted by Gasteiger charge is 2.44. The van der Waals surface area contributed by atoms with Crippen molar-refractivity contribution in [3.8, 4) is 5.75 Å². The number of rotatable bonds is 9. The number of carbonyl (C=O) groups excluding carboxylic acids is 2. The third-order valence-corrected chi connectivity index (χ3v) is 6.24. The number of carbonyl (C=O) groups is 2. The van der Waals surface area contributed by atoms with E-state index in [4.69, 9.17) is 9.47 Å². The lowest BCUT2D eigenvalue weighted by Gasteiger charge is -2.41. The molecule has 1 aromatic carbocycles. The van der Waals surface area contributed by atoms with Crippen molar-refractivity contribution < 1.29 is 19.1 Å². The molecule has 0 saturated carbocycles. The number of piperidine rings is 1. The van der Waals surface area contributed by atoms with E-state index in [-0.39, 0.29) is 11.9 Å². The number of para-hydroxylation sites is 1. The minimum atomic E-state index is -0.734. The molecule has 1 saturated heterocycles. The van der Waals surface area contributed by atoms with Gasteiger partial charge in [-0.25, -0.2) is 4.98 Å². The van der Waals surface area contributed by atoms with E-state index < -0.39 is 5.41 Å². The zero-order valence-electron chi connectivity index (χ0n) is 19.1. The van der Waals surface area contributed by atoms with Crippen LogP contribution in [-0.2, 0) is 20.7 Å². The molecule has 1 amide bonds. The van der Waals surface area contributed by atoms with Crippen LogP contribution in [0.4, 0.5) is 0 Å². The standard InChI is InChI=1S/C26H31N3O4/c1-2-32-25(31)26(15-18-33-22-9-4-3-5-10-22)14-8-17-29(20-26)24(30)13-12-21-19-28-16-7-6-11-23(28)27-21/h3-7,9-11,16,19H,2,8,12-15,17-18,20H2,1H3/t26-/m0/s1. The Kier molecular flexibility index (Phi) is 7.27. The second kappa shape index (κ2) is 10.5. The van der Waals surface area contributed by atoms with E-state index in [0.717, 1.165) is 23.5 Å². The number of fused-ring (bicyclic) bond motifs is 1. The van der Waals surface area contributed by atoms with Crippen LogP contribution in [-0.4, -0.2) is 52.5 Å². The monoisotopic (exact) mass is 449 g/mol. The van der Waals surface area contributed by atoms with Crippen molar-refractivity contribution in [1.82, 2.24) is 14.3 Å². The van der Waals surface area contributed by atoms with Crippen molar-refractivity contribution in [2.45, 2.75) is 39.0 Å². The number of esters is 1. The molecule has 4 rings (SSSR count). The number of aromatic nitrogens is 2. The Bertz CT molecular complexity index is 1050. The third-order valence-electron chi connectivity index (χ3n) is 6.24. The molecule has 0 spiro atoms. The number of pyridine rings is 1. The Labute approximate surface area is 194 Å². The van der Waals surface area contributed by atoms with E-state index in [1.807, 2.05) is 77.1 Å². The maximum absolute atomic E-state index is 13.1. The van der Waals surface area contributed by atoms with E-state index in [0.29, 0.717) is 52.0 Å². The molecule has 0 unspecified atom stereocenters. The molecule has 7 heteroatoms. The fourth-order valence-electron chi connectivity index (χ4n) is 4.48. The molecule has 1 aliphatic heterocycles. The van der Waals surface area contributed by atoms with Gasteiger partial charge in [-0.3, -0.25) is 9.59 Å². The van der Waals surface area contributed by atoms with E-state index in [1.54, 1.807) is 0 Å². The van der Waals surface area contributed by atoms with Crippen LogP contribution in [0.25, 0.3) is 5.65 Å². The molecular formula is C26H31N3O4. The van der Waals surface area contributed by atoms with Crippen molar-refractivity contribution in [2.24, 2.45) is 5.41 Å². The highest BCUT2D eigenvalue weighted by molar-refractivity contribution is 5.81. The van der Waals surface area contributed by atoms with Crippen LogP contribution < -0.4 is 4.74 Å². The molecule has 1 atom stereocenters. The summed E-state index contributed by atoms with van der Waals surface area (Å²) in [5.41, 5.74) is 1.03. The van der Waals surface area contributed by atoms with Gasteiger partial charge in [0.15, 0.2) is 0 Å². The summed E-state index contributed by atoms with van der Waals surface area (Å²) in [5, 5.41) is 0. The second-order valence-electron chi connectivity index (χ2n) is 8.53. The first-order valence-corrected chi connectivity index (χ1v) is 11.7. The normalized spacial score (nSPS) is 18.3. The number of hydrogen-bond donors (Lipinski definition) is 0. The molecule has 174 valence electrons. The van der Waals surface area contributed by atoms with Gasteiger partial charge in [0.25, 0.3) is 0 Å². The van der Waals surface area contributed by atoms with Gasteiger partial charge in [-0.15, -0.1) is 0 Å². The quantitative estimate of drug-likeness (QED) is 0.463. The predicted octanol–water partition coefficient (Wildman–Crippen LogP) is 3.91. The van der Waals surface area contributed by atoms with Crippen molar-refractivity contribution >= 4 is 17.5 Å². The van der Waals surface area contributed by atoms with E-state index in [2.05, 4.69) is 4.98 Å². The summed E-state index contributed by atoms with van der Waals surface area (Å²) in [5.74, 6) is 0.580. The highest BCUT2D eigenvalue weighted by atomic mass is 16.5. The second-order valence-corrected chi connectivity index (χ2v) is 8.53. The highest BCUT2D eigenvalue weighted by Crippen LogP contribution is 2.35. The topological polar surface area (TPSA) is 73.1 Å². The lowest BCUT2D eigenvalue weighted by atomic mass is 9.77. The van der Waals surface area contributed by atoms with Crippen LogP contribution in [0.5, 0.6) is 5.75 Å². The number of ether oxygens (including phenoxy) is 2. The van der Waals surface area contributed by atoms with Gasteiger partial charge in [0.2, 0.25) is 5.91 Å². The van der Waals surface area contributed by atoms with Crippen LogP contribution in [0.1, 0.15) is 38.3 Å². The summed E-state index contributed by atoms with van der Waals surface area (Å²) in [4.78, 5) is 32.4. The summed E-state index contributed by atoms with van der Waals surface area (Å²) >= 11 is 0. The molecule has 3 heterocycles. The van der Waals surface area contributed by atoms with Crippen molar-refractivity contribution in [3.05, 3.63) is 66.6 Å². The van der Waals surface area contributed by atoms with Gasteiger partial charge in [-0.1, -0.05) is 24.3 Å². The SMILES string of the molecule is CCOC(=O)[C@]1(CCOc2ccccc2)CCCN(C(=O)CCc2cn3ccccc3n2)C1. The molecular weight excluding hydrogens is 418 g/mol. The largest absolute Gasteiger partial charge is 0.494 e. The number of aryl methyl sites for hydroxylation is 1. The zero-order chi connectivity index (χ0) is 23.1. The predicted molar refractivity (Wildman–Crippen MR) is 125 cm³/mol. The zero-order valence-corrected chi connectivity index (χ0v) is 19.1. The Morgan fingerprint density at radius 2 is 1.94 bits per heavy atom. The summed E-state index contributed by atoms with van der Waals surface area (Å²) in [6, 6.07) is 15.4. The lowest BCUT2D eigenvalue weighted by Crippen LogP contribution is -2.51. The maximum Gasteiger partial charge on any atom is 0.314 e. The fourth-order valence-corrected chi connectivity index (χ4v) is 4.48. The molecule has 0 N–H and O–H groups in total. The minimum Gasteiger partial charge on any atom is -0.494 e. The molecule has 0 radical (unpaired) electrons. The van der Waals surface area contributed by atoms with Gasteiger partial charge in [0.1, 0.15) is 11.4 Å². The smallest absolute Gasteiger partial charge is 0.314 e. The molecule has 3 aromatic rings. The lowest BCUT2D eigenvalue weighted by molar-refractivity contribution is -0.162. The number of imidazole rings is 1. The average Bonchev–Trinajstić information content (AvgIpc) is 3.26. The van der Waals surface area contributed by atoms with Crippen LogP contribution in [0.3, 0.4) is 0 Å². The Balaban J connectivity index is 1.39. The molecule has 0 aliphatic carbocycles. The van der Waals surface area contributed by atoms with Crippen LogP contribution in [0, 0.1) is 5.41 Å². The molecule has 1 fully saturated rings. The van der Waals surface area contributed by atoms with Crippen molar-refractivity contribution in [1.29, 1.82) is 0 Å². The summed E-state index contributed by atoms with van der Waals surface area (Å²) in [6.07, 6.45) is 6.82. The van der Waals surface area contributed by atoms with Gasteiger partial charge < -0.3 is 18.8 Å². The Morgan fingerprint density at radius 1 is 1.12 bits per heavy atom. The van der Waals surface area contributed by atoms with Gasteiger partial charge >= 0.3 is 5.97 Å². The Morgan fingerprint density at radius 3 is 2.73 bits per heavy atom. The van der Waals surface area contributed by atoms with Gasteiger partial charge in [0, 0.05) is 31.9 Å². The summed E-state index contributed by atoms with van der Waals surface area (Å²) < 4.78 is 13.3. The van der Waals surface area contributed by atoms with E-state index >= 15 is 0 Å². The molecule has 33 heavy (non-hydrogen) atoms. The first-order chi connectivity index (χ1) is 16.1. The Hall–Kier alpha value is -3.35. The number of nitrogens with zero attached hydrogens (tertiary/aromatic N) is 3. The van der Waals surface area contributed by atoms with Crippen molar-refractivity contribution in [2.75, 3.05) is 26.3 Å². The first kappa shape index (κ1) is 22.8. The van der Waals surface area contributed by atoms with E-state index in [1.165, 1.54) is 0 Å². The van der Waals surface area contributed by atoms with Gasteiger partial charge in [-0.05, 0) is 56.9 Å². The number of hydrogen-bond acceptors (Lipinski definition) is 5. The maximum atomic E-state index is 13.1. The minimum absolute atomic E-state index is 0.0457. The summed E-state index contributed by atoms with van der Waals surface area (Å²) in [6.45, 7) is 3.55. The van der Waals surface area contributed by atoms with E-state index in [9.17, 15) is 9.59 Å². The number of amides is 1. The molecule has 2 aromatic heterocycles. The van der Waals surface area contributed by atoms with Crippen LogP contribution in [0.2, 0.25) is 0 Å².